The van der Waals surface area contributed by atoms with E-state index in [2.05, 4.69) is 28.2 Å². The molecular weight excluding hydrogens is 254 g/mol. The Kier molecular flexibility index (Phi) is 9.72. The van der Waals surface area contributed by atoms with Crippen molar-refractivity contribution < 1.29 is 14.3 Å². The summed E-state index contributed by atoms with van der Waals surface area (Å²) < 4.78 is 4.95. The van der Waals surface area contributed by atoms with Gasteiger partial charge in [0, 0.05) is 39.4 Å². The van der Waals surface area contributed by atoms with E-state index in [1.807, 2.05) is 7.05 Å². The number of likely N-dealkylation sites (N-methyl/N-ethyl adjacent to an activating group) is 1. The molecule has 0 bridgehead atoms. The molecule has 1 atom stereocenters. The van der Waals surface area contributed by atoms with Gasteiger partial charge in [-0.25, -0.2) is 0 Å². The zero-order valence-electron chi connectivity index (χ0n) is 11.2. The van der Waals surface area contributed by atoms with Crippen molar-refractivity contribution in [2.45, 2.75) is 13.0 Å². The van der Waals surface area contributed by atoms with E-state index in [1.165, 1.54) is 6.92 Å². The fourth-order valence-corrected chi connectivity index (χ4v) is 1.55. The summed E-state index contributed by atoms with van der Waals surface area (Å²) in [5.41, 5.74) is 0. The van der Waals surface area contributed by atoms with Crippen LogP contribution in [0.15, 0.2) is 0 Å². The first-order valence-corrected chi connectivity index (χ1v) is 6.47. The topological polar surface area (TPSA) is 70.7 Å². The largest absolute Gasteiger partial charge is 0.383 e. The van der Waals surface area contributed by atoms with Crippen LogP contribution in [0, 0.1) is 0 Å². The minimum absolute atomic E-state index is 0.208. The van der Waals surface area contributed by atoms with Gasteiger partial charge in [-0.15, -0.1) is 0 Å². The highest BCUT2D eigenvalue weighted by Gasteiger charge is 2.16. The van der Waals surface area contributed by atoms with Crippen molar-refractivity contribution in [2.75, 3.05) is 46.2 Å². The lowest BCUT2D eigenvalue weighted by molar-refractivity contribution is -0.127. The average molecular weight is 277 g/mol. The molecule has 0 heterocycles. The van der Waals surface area contributed by atoms with E-state index in [0.717, 1.165) is 13.1 Å². The lowest BCUT2D eigenvalue weighted by Gasteiger charge is -2.18. The van der Waals surface area contributed by atoms with Crippen molar-refractivity contribution in [1.29, 1.82) is 0 Å². The van der Waals surface area contributed by atoms with Crippen LogP contribution in [0.3, 0.4) is 0 Å². The summed E-state index contributed by atoms with van der Waals surface area (Å²) in [6.07, 6.45) is 0. The van der Waals surface area contributed by atoms with E-state index < -0.39 is 6.04 Å². The third-order valence-electron chi connectivity index (χ3n) is 2.35. The van der Waals surface area contributed by atoms with Crippen molar-refractivity contribution in [3.63, 3.8) is 0 Å². The molecule has 0 saturated carbocycles. The number of carbonyl (C=O) groups is 2. The van der Waals surface area contributed by atoms with Gasteiger partial charge in [-0.2, -0.15) is 12.6 Å². The summed E-state index contributed by atoms with van der Waals surface area (Å²) in [6, 6.07) is -0.574. The quantitative estimate of drug-likeness (QED) is 0.479. The third-order valence-corrected chi connectivity index (χ3v) is 2.71. The number of hydrogen-bond donors (Lipinski definition) is 3. The predicted molar refractivity (Wildman–Crippen MR) is 73.8 cm³/mol. The zero-order chi connectivity index (χ0) is 14.0. The highest BCUT2D eigenvalue weighted by Crippen LogP contribution is 1.89. The van der Waals surface area contributed by atoms with Crippen LogP contribution in [0.5, 0.6) is 0 Å². The van der Waals surface area contributed by atoms with Crippen molar-refractivity contribution in [3.05, 3.63) is 0 Å². The van der Waals surface area contributed by atoms with Crippen LogP contribution < -0.4 is 10.6 Å². The minimum atomic E-state index is -0.574. The molecule has 0 aliphatic heterocycles. The van der Waals surface area contributed by atoms with E-state index in [0.29, 0.717) is 13.2 Å². The normalized spacial score (nSPS) is 12.3. The van der Waals surface area contributed by atoms with Crippen molar-refractivity contribution in [3.8, 4) is 0 Å². The number of carbonyl (C=O) groups excluding carboxylic acids is 2. The van der Waals surface area contributed by atoms with Crippen LogP contribution in [-0.2, 0) is 14.3 Å². The van der Waals surface area contributed by atoms with Gasteiger partial charge in [0.25, 0.3) is 0 Å². The molecule has 2 N–H and O–H groups in total. The molecule has 1 unspecified atom stereocenters. The molecule has 0 fully saturated rings. The SMILES string of the molecule is COCCN(C)CCNC(=O)C(CS)NC(C)=O. The predicted octanol–water partition coefficient (Wildman–Crippen LogP) is -0.885. The first kappa shape index (κ1) is 17.2. The molecule has 0 radical (unpaired) electrons. The van der Waals surface area contributed by atoms with Gasteiger partial charge >= 0.3 is 0 Å². The van der Waals surface area contributed by atoms with Crippen molar-refractivity contribution in [2.24, 2.45) is 0 Å². The molecule has 0 rings (SSSR count). The lowest BCUT2D eigenvalue weighted by Crippen LogP contribution is -2.48. The van der Waals surface area contributed by atoms with Crippen molar-refractivity contribution >= 4 is 24.4 Å². The van der Waals surface area contributed by atoms with Gasteiger partial charge in [0.1, 0.15) is 6.04 Å². The Morgan fingerprint density at radius 1 is 1.39 bits per heavy atom. The van der Waals surface area contributed by atoms with E-state index in [9.17, 15) is 9.59 Å². The molecule has 6 nitrogen and oxygen atoms in total. The molecule has 0 aliphatic carbocycles. The molecule has 106 valence electrons. The second kappa shape index (κ2) is 10.2. The third kappa shape index (κ3) is 8.32. The molecule has 18 heavy (non-hydrogen) atoms. The number of amides is 2. The minimum Gasteiger partial charge on any atom is -0.383 e. The summed E-state index contributed by atoms with van der Waals surface area (Å²) in [5, 5.41) is 5.30. The summed E-state index contributed by atoms with van der Waals surface area (Å²) in [7, 11) is 3.61. The van der Waals surface area contributed by atoms with E-state index in [1.54, 1.807) is 7.11 Å². The molecule has 0 spiro atoms. The summed E-state index contributed by atoms with van der Waals surface area (Å²) in [5.74, 6) is -0.160. The number of nitrogens with zero attached hydrogens (tertiary/aromatic N) is 1. The van der Waals surface area contributed by atoms with Gasteiger partial charge in [0.2, 0.25) is 11.8 Å². The van der Waals surface area contributed by atoms with Gasteiger partial charge in [-0.05, 0) is 7.05 Å². The first-order chi connectivity index (χ1) is 8.51. The van der Waals surface area contributed by atoms with Crippen LogP contribution in [-0.4, -0.2) is 68.9 Å². The summed E-state index contributed by atoms with van der Waals surface area (Å²) >= 11 is 4.04. The molecule has 0 aromatic rings. The van der Waals surface area contributed by atoms with Gasteiger partial charge in [0.15, 0.2) is 0 Å². The second-order valence-corrected chi connectivity index (χ2v) is 4.39. The maximum absolute atomic E-state index is 11.7. The first-order valence-electron chi connectivity index (χ1n) is 5.84. The number of thiol groups is 1. The number of ether oxygens (including phenoxy) is 1. The molecule has 0 aromatic carbocycles. The number of rotatable bonds is 9. The van der Waals surface area contributed by atoms with Gasteiger partial charge in [-0.1, -0.05) is 0 Å². The van der Waals surface area contributed by atoms with Gasteiger partial charge < -0.3 is 20.3 Å². The Morgan fingerprint density at radius 2 is 2.06 bits per heavy atom. The Balaban J connectivity index is 3.83. The Bertz CT molecular complexity index is 264. The molecular formula is C11H23N3O3S. The van der Waals surface area contributed by atoms with E-state index in [4.69, 9.17) is 4.74 Å². The van der Waals surface area contributed by atoms with Crippen LogP contribution in [0.2, 0.25) is 0 Å². The van der Waals surface area contributed by atoms with Crippen LogP contribution in [0.4, 0.5) is 0 Å². The van der Waals surface area contributed by atoms with Gasteiger partial charge in [-0.3, -0.25) is 9.59 Å². The number of hydrogen-bond acceptors (Lipinski definition) is 5. The molecule has 2 amide bonds. The summed E-state index contributed by atoms with van der Waals surface area (Å²) in [4.78, 5) is 24.6. The molecule has 0 aliphatic rings. The van der Waals surface area contributed by atoms with Crippen LogP contribution in [0.25, 0.3) is 0 Å². The molecule has 7 heteroatoms. The smallest absolute Gasteiger partial charge is 0.243 e. The lowest BCUT2D eigenvalue weighted by atomic mass is 10.3. The number of methoxy groups -OCH3 is 1. The van der Waals surface area contributed by atoms with E-state index in [-0.39, 0.29) is 17.6 Å². The van der Waals surface area contributed by atoms with Gasteiger partial charge in [0.05, 0.1) is 6.61 Å². The van der Waals surface area contributed by atoms with Crippen LogP contribution in [0.1, 0.15) is 6.92 Å². The maximum Gasteiger partial charge on any atom is 0.243 e. The highest BCUT2D eigenvalue weighted by atomic mass is 32.1. The molecule has 0 saturated heterocycles. The monoisotopic (exact) mass is 277 g/mol. The number of nitrogens with one attached hydrogen (secondary N) is 2. The Hall–Kier alpha value is -0.790. The van der Waals surface area contributed by atoms with Crippen LogP contribution >= 0.6 is 12.6 Å². The van der Waals surface area contributed by atoms with Crippen molar-refractivity contribution in [1.82, 2.24) is 15.5 Å². The standard InChI is InChI=1S/C11H23N3O3S/c1-9(15)13-10(8-18)11(16)12-4-5-14(2)6-7-17-3/h10,18H,4-8H2,1-3H3,(H,12,16)(H,13,15). The fourth-order valence-electron chi connectivity index (χ4n) is 1.29. The Labute approximate surface area is 114 Å². The molecule has 0 aromatic heterocycles. The summed E-state index contributed by atoms with van der Waals surface area (Å²) in [6.45, 7) is 4.11. The second-order valence-electron chi connectivity index (χ2n) is 4.02. The Morgan fingerprint density at radius 3 is 2.56 bits per heavy atom. The van der Waals surface area contributed by atoms with E-state index >= 15 is 0 Å². The highest BCUT2D eigenvalue weighted by molar-refractivity contribution is 7.80. The average Bonchev–Trinajstić information content (AvgIpc) is 2.32. The fraction of sp³-hybridized carbons (Fsp3) is 0.818. The zero-order valence-corrected chi connectivity index (χ0v) is 12.1. The maximum atomic E-state index is 11.7.